The van der Waals surface area contributed by atoms with Crippen LogP contribution in [-0.4, -0.2) is 24.9 Å². The van der Waals surface area contributed by atoms with E-state index in [0.29, 0.717) is 18.7 Å². The molecule has 31 heavy (non-hydrogen) atoms. The van der Waals surface area contributed by atoms with Gasteiger partial charge >= 0.3 is 5.97 Å². The molecule has 0 saturated heterocycles. The lowest BCUT2D eigenvalue weighted by Crippen LogP contribution is -2.06. The fourth-order valence-corrected chi connectivity index (χ4v) is 4.00. The van der Waals surface area contributed by atoms with E-state index in [2.05, 4.69) is 47.1 Å². The van der Waals surface area contributed by atoms with Crippen molar-refractivity contribution in [2.24, 2.45) is 0 Å². The maximum Gasteiger partial charge on any atom is 0.310 e. The second-order valence-corrected chi connectivity index (χ2v) is 7.77. The molecule has 2 aromatic carbocycles. The third-order valence-corrected chi connectivity index (χ3v) is 5.59. The van der Waals surface area contributed by atoms with E-state index in [0.717, 1.165) is 45.5 Å². The van der Waals surface area contributed by atoms with Gasteiger partial charge in [0.2, 0.25) is 0 Å². The van der Waals surface area contributed by atoms with Crippen LogP contribution in [0.15, 0.2) is 54.7 Å². The zero-order chi connectivity index (χ0) is 21.5. The number of aryl methyl sites for hydroxylation is 2. The van der Waals surface area contributed by atoms with Crippen molar-refractivity contribution in [2.75, 3.05) is 0 Å². The molecule has 0 saturated carbocycles. The summed E-state index contributed by atoms with van der Waals surface area (Å²) < 4.78 is 9.87. The molecular weight excluding hydrogens is 388 g/mol. The largest absolute Gasteiger partial charge is 0.424 e. The van der Waals surface area contributed by atoms with Gasteiger partial charge in [-0.3, -0.25) is 9.20 Å². The van der Waals surface area contributed by atoms with Crippen LogP contribution in [0.5, 0.6) is 5.75 Å². The number of fused-ring (bicyclic) bond motifs is 5. The zero-order valence-electron chi connectivity index (χ0n) is 17.9. The smallest absolute Gasteiger partial charge is 0.310 e. The van der Waals surface area contributed by atoms with Crippen molar-refractivity contribution in [1.82, 2.24) is 18.9 Å². The number of carbonyl (C=O) groups is 1. The number of imidazole rings is 1. The highest BCUT2D eigenvalue weighted by atomic mass is 16.5. The second-order valence-electron chi connectivity index (χ2n) is 7.77. The third kappa shape index (κ3) is 3.24. The summed E-state index contributed by atoms with van der Waals surface area (Å²) in [6.07, 6.45) is 2.94. The number of benzene rings is 2. The van der Waals surface area contributed by atoms with E-state index in [1.54, 1.807) is 6.92 Å². The zero-order valence-corrected chi connectivity index (χ0v) is 17.9. The van der Waals surface area contributed by atoms with Crippen LogP contribution in [0, 0.1) is 6.92 Å². The van der Waals surface area contributed by atoms with Crippen molar-refractivity contribution < 1.29 is 9.53 Å². The maximum absolute atomic E-state index is 12.2. The molecule has 0 fully saturated rings. The molecule has 156 valence electrons. The molecule has 0 radical (unpaired) electrons. The molecule has 3 aromatic heterocycles. The number of hydrogen-bond donors (Lipinski definition) is 0. The van der Waals surface area contributed by atoms with Gasteiger partial charge in [-0.05, 0) is 24.6 Å². The number of para-hydroxylation sites is 2. The number of hydrogen-bond acceptors (Lipinski definition) is 4. The number of carbonyl (C=O) groups excluding carboxylic acids is 1. The van der Waals surface area contributed by atoms with E-state index in [1.165, 1.54) is 5.56 Å². The molecule has 0 aliphatic heterocycles. The molecular formula is C25H24N4O2. The first-order valence-corrected chi connectivity index (χ1v) is 10.6. The molecule has 0 atom stereocenters. The van der Waals surface area contributed by atoms with Gasteiger partial charge in [0.25, 0.3) is 0 Å². The maximum atomic E-state index is 12.2. The Labute approximate surface area is 180 Å². The van der Waals surface area contributed by atoms with Crippen molar-refractivity contribution in [3.8, 4) is 5.75 Å². The minimum Gasteiger partial charge on any atom is -0.424 e. The van der Waals surface area contributed by atoms with Crippen LogP contribution in [0.4, 0.5) is 0 Å². The Bertz CT molecular complexity index is 1430. The second kappa shape index (κ2) is 7.54. The average molecular weight is 412 g/mol. The van der Waals surface area contributed by atoms with E-state index < -0.39 is 0 Å². The van der Waals surface area contributed by atoms with Crippen LogP contribution in [0.25, 0.3) is 27.7 Å². The van der Waals surface area contributed by atoms with Gasteiger partial charge in [-0.1, -0.05) is 55.8 Å². The summed E-state index contributed by atoms with van der Waals surface area (Å²) in [4.78, 5) is 22.1. The predicted octanol–water partition coefficient (Wildman–Crippen LogP) is 5.07. The third-order valence-electron chi connectivity index (χ3n) is 5.59. The van der Waals surface area contributed by atoms with E-state index in [-0.39, 0.29) is 5.97 Å². The first kappa shape index (κ1) is 19.3. The molecule has 0 amide bonds. The van der Waals surface area contributed by atoms with Gasteiger partial charge in [-0.2, -0.15) is 0 Å². The predicted molar refractivity (Wildman–Crippen MR) is 122 cm³/mol. The van der Waals surface area contributed by atoms with Crippen LogP contribution >= 0.6 is 0 Å². The van der Waals surface area contributed by atoms with Crippen molar-refractivity contribution >= 4 is 33.7 Å². The summed E-state index contributed by atoms with van der Waals surface area (Å²) in [6, 6.07) is 16.4. The quantitative estimate of drug-likeness (QED) is 0.378. The van der Waals surface area contributed by atoms with Gasteiger partial charge in [0.05, 0.1) is 11.0 Å². The minimum atomic E-state index is -0.275. The minimum absolute atomic E-state index is 0.275. The van der Waals surface area contributed by atoms with E-state index in [1.807, 2.05) is 30.5 Å². The van der Waals surface area contributed by atoms with Crippen LogP contribution < -0.4 is 4.74 Å². The summed E-state index contributed by atoms with van der Waals surface area (Å²) in [5.41, 5.74) is 5.82. The summed E-state index contributed by atoms with van der Waals surface area (Å²) in [7, 11) is 0. The summed E-state index contributed by atoms with van der Waals surface area (Å²) in [6.45, 7) is 6.59. The number of ether oxygens (including phenoxy) is 1. The van der Waals surface area contributed by atoms with Crippen LogP contribution in [0.3, 0.4) is 0 Å². The Morgan fingerprint density at radius 3 is 2.52 bits per heavy atom. The first-order valence-electron chi connectivity index (χ1n) is 10.6. The Morgan fingerprint density at radius 1 is 1.00 bits per heavy atom. The van der Waals surface area contributed by atoms with Gasteiger partial charge in [0, 0.05) is 25.6 Å². The molecule has 0 aliphatic carbocycles. The van der Waals surface area contributed by atoms with Gasteiger partial charge in [0.15, 0.2) is 11.4 Å². The molecule has 0 bridgehead atoms. The molecule has 5 aromatic rings. The SMILES string of the molecule is CCC(=O)Oc1cn(Cc2ccc(C)cc2)c2nc(CC)n3c4ccccc4nc3c12. The van der Waals surface area contributed by atoms with Gasteiger partial charge in [-0.25, -0.2) is 9.97 Å². The topological polar surface area (TPSA) is 61.4 Å². The van der Waals surface area contributed by atoms with Crippen LogP contribution in [-0.2, 0) is 17.8 Å². The van der Waals surface area contributed by atoms with Crippen molar-refractivity contribution in [1.29, 1.82) is 0 Å². The highest BCUT2D eigenvalue weighted by molar-refractivity contribution is 6.01. The lowest BCUT2D eigenvalue weighted by molar-refractivity contribution is -0.133. The van der Waals surface area contributed by atoms with Crippen LogP contribution in [0.2, 0.25) is 0 Å². The van der Waals surface area contributed by atoms with E-state index >= 15 is 0 Å². The lowest BCUT2D eigenvalue weighted by Gasteiger charge is -2.08. The molecule has 3 heterocycles. The summed E-state index contributed by atoms with van der Waals surface area (Å²) in [5, 5.41) is 0.766. The number of esters is 1. The molecule has 6 nitrogen and oxygen atoms in total. The first-order chi connectivity index (χ1) is 15.1. The molecule has 0 N–H and O–H groups in total. The summed E-state index contributed by atoms with van der Waals surface area (Å²) >= 11 is 0. The number of rotatable bonds is 5. The summed E-state index contributed by atoms with van der Waals surface area (Å²) in [5.74, 6) is 1.15. The highest BCUT2D eigenvalue weighted by Gasteiger charge is 2.21. The van der Waals surface area contributed by atoms with E-state index in [4.69, 9.17) is 14.7 Å². The van der Waals surface area contributed by atoms with E-state index in [9.17, 15) is 4.79 Å². The van der Waals surface area contributed by atoms with Crippen molar-refractivity contribution in [3.63, 3.8) is 0 Å². The molecule has 5 rings (SSSR count). The lowest BCUT2D eigenvalue weighted by atomic mass is 10.1. The van der Waals surface area contributed by atoms with Gasteiger partial charge in [0.1, 0.15) is 16.9 Å². The molecule has 0 spiro atoms. The number of nitrogens with zero attached hydrogens (tertiary/aromatic N) is 4. The van der Waals surface area contributed by atoms with Gasteiger partial charge < -0.3 is 9.30 Å². The molecule has 0 unspecified atom stereocenters. The highest BCUT2D eigenvalue weighted by Crippen LogP contribution is 2.34. The normalized spacial score (nSPS) is 11.6. The fraction of sp³-hybridized carbons (Fsp3) is 0.240. The number of aromatic nitrogens is 4. The fourth-order valence-electron chi connectivity index (χ4n) is 4.00. The Kier molecular flexibility index (Phi) is 4.70. The Balaban J connectivity index is 1.81. The molecule has 6 heteroatoms. The Hall–Kier alpha value is -3.67. The van der Waals surface area contributed by atoms with Gasteiger partial charge in [-0.15, -0.1) is 0 Å². The standard InChI is InChI=1S/C25H24N4O2/c1-4-21-27-24-23(25-26-18-8-6-7-9-19(18)29(21)25)20(31-22(30)5-2)15-28(24)14-17-12-10-16(3)11-13-17/h6-13,15H,4-5,14H2,1-3H3. The van der Waals surface area contributed by atoms with Crippen LogP contribution in [0.1, 0.15) is 37.2 Å². The average Bonchev–Trinajstić information content (AvgIpc) is 3.33. The monoisotopic (exact) mass is 412 g/mol. The molecule has 0 aliphatic rings. The Morgan fingerprint density at radius 2 is 1.77 bits per heavy atom. The van der Waals surface area contributed by atoms with Crippen molar-refractivity contribution in [2.45, 2.75) is 40.2 Å². The van der Waals surface area contributed by atoms with Crippen molar-refractivity contribution in [3.05, 3.63) is 71.7 Å².